The van der Waals surface area contributed by atoms with Gasteiger partial charge in [0.1, 0.15) is 5.82 Å². The molecule has 104 valence electrons. The first-order valence-corrected chi connectivity index (χ1v) is 5.28. The van der Waals surface area contributed by atoms with Crippen molar-refractivity contribution < 1.29 is 0 Å². The molecule has 0 amide bonds. The van der Waals surface area contributed by atoms with E-state index < -0.39 is 0 Å². The maximum Gasteiger partial charge on any atom is 0.332 e. The Balaban J connectivity index is 0.00000144. The second-order valence-electron chi connectivity index (χ2n) is 4.24. The predicted octanol–water partition coefficient (Wildman–Crippen LogP) is -0.535. The van der Waals surface area contributed by atoms with E-state index in [0.717, 1.165) is 17.5 Å². The number of nitrogens with zero attached hydrogens (tertiary/aromatic N) is 3. The fourth-order valence-corrected chi connectivity index (χ4v) is 2.02. The van der Waals surface area contributed by atoms with Gasteiger partial charge >= 0.3 is 5.69 Å². The van der Waals surface area contributed by atoms with Crippen molar-refractivity contribution in [2.24, 2.45) is 19.8 Å². The number of anilines is 1. The molecule has 2 N–H and O–H groups in total. The molecule has 1 atom stereocenters. The zero-order chi connectivity index (χ0) is 11.9. The SMILES string of the molecule is Cl.Cl.Cn1c(N2CCC(N)C2)cc(=O)n(C)c1=O. The van der Waals surface area contributed by atoms with Crippen molar-refractivity contribution in [2.45, 2.75) is 12.5 Å². The molecule has 0 saturated carbocycles. The zero-order valence-corrected chi connectivity index (χ0v) is 12.0. The summed E-state index contributed by atoms with van der Waals surface area (Å²) in [7, 11) is 3.14. The molecule has 1 aromatic rings. The second kappa shape index (κ2) is 6.26. The standard InChI is InChI=1S/C10H16N4O2.2ClH/c1-12-8(14-4-3-7(11)6-14)5-9(15)13(2)10(12)16;;/h5,7H,3-4,6,11H2,1-2H3;2*1H. The largest absolute Gasteiger partial charge is 0.356 e. The van der Waals surface area contributed by atoms with Crippen LogP contribution in [0.5, 0.6) is 0 Å². The first-order valence-electron chi connectivity index (χ1n) is 5.28. The van der Waals surface area contributed by atoms with E-state index >= 15 is 0 Å². The van der Waals surface area contributed by atoms with Gasteiger partial charge < -0.3 is 10.6 Å². The highest BCUT2D eigenvalue weighted by Gasteiger charge is 2.22. The van der Waals surface area contributed by atoms with E-state index in [1.807, 2.05) is 4.90 Å². The van der Waals surface area contributed by atoms with Gasteiger partial charge in [0, 0.05) is 39.3 Å². The Morgan fingerprint density at radius 3 is 2.33 bits per heavy atom. The fourth-order valence-electron chi connectivity index (χ4n) is 2.02. The topological polar surface area (TPSA) is 73.3 Å². The van der Waals surface area contributed by atoms with Crippen LogP contribution in [0.15, 0.2) is 15.7 Å². The van der Waals surface area contributed by atoms with Crippen molar-refractivity contribution in [3.05, 3.63) is 26.9 Å². The number of aromatic nitrogens is 2. The Hall–Kier alpha value is -0.980. The molecule has 1 aliphatic rings. The molecule has 6 nitrogen and oxygen atoms in total. The normalized spacial score (nSPS) is 18.2. The third-order valence-electron chi connectivity index (χ3n) is 3.05. The highest BCUT2D eigenvalue weighted by Crippen LogP contribution is 2.15. The van der Waals surface area contributed by atoms with Crippen molar-refractivity contribution in [3.63, 3.8) is 0 Å². The lowest BCUT2D eigenvalue weighted by Crippen LogP contribution is -2.40. The molecule has 1 unspecified atom stereocenters. The minimum Gasteiger partial charge on any atom is -0.356 e. The van der Waals surface area contributed by atoms with Crippen LogP contribution in [0.3, 0.4) is 0 Å². The van der Waals surface area contributed by atoms with Gasteiger partial charge in [-0.05, 0) is 6.42 Å². The van der Waals surface area contributed by atoms with E-state index in [4.69, 9.17) is 5.73 Å². The third-order valence-corrected chi connectivity index (χ3v) is 3.05. The molecule has 0 bridgehead atoms. The van der Waals surface area contributed by atoms with Crippen LogP contribution in [-0.2, 0) is 14.1 Å². The van der Waals surface area contributed by atoms with Crippen LogP contribution in [0.4, 0.5) is 5.82 Å². The molecule has 0 aliphatic carbocycles. The number of hydrogen-bond donors (Lipinski definition) is 1. The third kappa shape index (κ3) is 2.88. The summed E-state index contributed by atoms with van der Waals surface area (Å²) < 4.78 is 2.58. The first-order chi connectivity index (χ1) is 7.50. The van der Waals surface area contributed by atoms with E-state index in [2.05, 4.69) is 0 Å². The van der Waals surface area contributed by atoms with E-state index in [9.17, 15) is 9.59 Å². The van der Waals surface area contributed by atoms with E-state index in [1.165, 1.54) is 17.7 Å². The maximum atomic E-state index is 11.7. The Morgan fingerprint density at radius 1 is 1.22 bits per heavy atom. The van der Waals surface area contributed by atoms with Gasteiger partial charge in [0.2, 0.25) is 0 Å². The lowest BCUT2D eigenvalue weighted by Gasteiger charge is -2.20. The van der Waals surface area contributed by atoms with Crippen molar-refractivity contribution in [1.29, 1.82) is 0 Å². The Kier molecular flexibility index (Phi) is 5.92. The number of nitrogens with two attached hydrogens (primary N) is 1. The van der Waals surface area contributed by atoms with Crippen LogP contribution in [-0.4, -0.2) is 28.3 Å². The molecule has 18 heavy (non-hydrogen) atoms. The van der Waals surface area contributed by atoms with E-state index in [-0.39, 0.29) is 42.1 Å². The minimum absolute atomic E-state index is 0. The monoisotopic (exact) mass is 296 g/mol. The van der Waals surface area contributed by atoms with Gasteiger partial charge in [-0.15, -0.1) is 24.8 Å². The summed E-state index contributed by atoms with van der Waals surface area (Å²) in [5, 5.41) is 0. The summed E-state index contributed by atoms with van der Waals surface area (Å²) in [6.45, 7) is 1.49. The van der Waals surface area contributed by atoms with Crippen molar-refractivity contribution >= 4 is 30.6 Å². The summed E-state index contributed by atoms with van der Waals surface area (Å²) in [4.78, 5) is 25.2. The molecule has 0 radical (unpaired) electrons. The van der Waals surface area contributed by atoms with Crippen molar-refractivity contribution in [2.75, 3.05) is 18.0 Å². The van der Waals surface area contributed by atoms with Crippen LogP contribution < -0.4 is 21.9 Å². The molecule has 0 aromatic carbocycles. The summed E-state index contributed by atoms with van der Waals surface area (Å²) in [5.41, 5.74) is 5.22. The Morgan fingerprint density at radius 2 is 1.83 bits per heavy atom. The second-order valence-corrected chi connectivity index (χ2v) is 4.24. The summed E-state index contributed by atoms with van der Waals surface area (Å²) in [5.74, 6) is 0.654. The molecular formula is C10H18Cl2N4O2. The van der Waals surface area contributed by atoms with E-state index in [1.54, 1.807) is 7.05 Å². The quantitative estimate of drug-likeness (QED) is 0.756. The lowest BCUT2D eigenvalue weighted by molar-refractivity contribution is 0.671. The fraction of sp³-hybridized carbons (Fsp3) is 0.600. The van der Waals surface area contributed by atoms with Crippen molar-refractivity contribution in [3.8, 4) is 0 Å². The minimum atomic E-state index is -0.303. The van der Waals surface area contributed by atoms with Crippen molar-refractivity contribution in [1.82, 2.24) is 9.13 Å². The molecule has 0 spiro atoms. The molecule has 1 aromatic heterocycles. The average Bonchev–Trinajstić information content (AvgIpc) is 2.67. The Labute approximate surface area is 117 Å². The summed E-state index contributed by atoms with van der Waals surface area (Å²) in [6.07, 6.45) is 0.892. The van der Waals surface area contributed by atoms with Gasteiger partial charge in [0.15, 0.2) is 0 Å². The Bertz CT molecular complexity index is 526. The lowest BCUT2D eigenvalue weighted by atomic mass is 10.3. The van der Waals surface area contributed by atoms with Gasteiger partial charge in [0.25, 0.3) is 5.56 Å². The van der Waals surface area contributed by atoms with Gasteiger partial charge in [-0.2, -0.15) is 0 Å². The van der Waals surface area contributed by atoms with Crippen LogP contribution in [0.25, 0.3) is 0 Å². The first kappa shape index (κ1) is 17.0. The molecule has 2 heterocycles. The molecule has 2 rings (SSSR count). The van der Waals surface area contributed by atoms with Crippen LogP contribution in [0.1, 0.15) is 6.42 Å². The molecular weight excluding hydrogens is 279 g/mol. The van der Waals surface area contributed by atoms with Gasteiger partial charge in [-0.1, -0.05) is 0 Å². The number of hydrogen-bond acceptors (Lipinski definition) is 4. The predicted molar refractivity (Wildman–Crippen MR) is 76.2 cm³/mol. The number of rotatable bonds is 1. The zero-order valence-electron chi connectivity index (χ0n) is 10.3. The highest BCUT2D eigenvalue weighted by atomic mass is 35.5. The van der Waals surface area contributed by atoms with Gasteiger partial charge in [-0.25, -0.2) is 4.79 Å². The highest BCUT2D eigenvalue weighted by molar-refractivity contribution is 5.85. The number of halogens is 2. The molecule has 1 aliphatic heterocycles. The molecule has 8 heteroatoms. The average molecular weight is 297 g/mol. The molecule has 1 fully saturated rings. The van der Waals surface area contributed by atoms with Gasteiger partial charge in [0.05, 0.1) is 0 Å². The van der Waals surface area contributed by atoms with Crippen LogP contribution in [0.2, 0.25) is 0 Å². The van der Waals surface area contributed by atoms with Crippen LogP contribution >= 0.6 is 24.8 Å². The summed E-state index contributed by atoms with van der Waals surface area (Å²) in [6, 6.07) is 1.61. The molecule has 1 saturated heterocycles. The van der Waals surface area contributed by atoms with Crippen LogP contribution in [0, 0.1) is 0 Å². The maximum absolute atomic E-state index is 11.7. The summed E-state index contributed by atoms with van der Waals surface area (Å²) >= 11 is 0. The van der Waals surface area contributed by atoms with Gasteiger partial charge in [-0.3, -0.25) is 13.9 Å². The van der Waals surface area contributed by atoms with E-state index in [0.29, 0.717) is 12.4 Å². The smallest absolute Gasteiger partial charge is 0.332 e.